The van der Waals surface area contributed by atoms with Crippen LogP contribution in [0.15, 0.2) is 30.6 Å². The molecule has 2 rings (SSSR count). The molecule has 6 nitrogen and oxygen atoms in total. The maximum Gasteiger partial charge on any atom is 0.416 e. The van der Waals surface area contributed by atoms with Crippen LogP contribution in [0.5, 0.6) is 0 Å². The average Bonchev–Trinajstić information content (AvgIpc) is 2.85. The maximum absolute atomic E-state index is 12.6. The summed E-state index contributed by atoms with van der Waals surface area (Å²) in [4.78, 5) is 14.2. The van der Waals surface area contributed by atoms with Crippen molar-refractivity contribution in [1.82, 2.24) is 9.55 Å². The molecule has 0 bridgehead atoms. The second-order valence-corrected chi connectivity index (χ2v) is 4.21. The quantitative estimate of drug-likeness (QED) is 0.693. The first-order valence-electron chi connectivity index (χ1n) is 5.93. The molecule has 0 saturated carbocycles. The number of nitrogens with two attached hydrogens (primary N) is 1. The van der Waals surface area contributed by atoms with Crippen molar-refractivity contribution in [3.63, 3.8) is 0 Å². The Labute approximate surface area is 117 Å². The molecular formula is C12H11F3N4O2. The van der Waals surface area contributed by atoms with Crippen molar-refractivity contribution in [3.05, 3.63) is 52.1 Å². The Morgan fingerprint density at radius 3 is 2.67 bits per heavy atom. The lowest BCUT2D eigenvalue weighted by Crippen LogP contribution is -2.11. The Hall–Kier alpha value is -2.42. The van der Waals surface area contributed by atoms with Gasteiger partial charge in [-0.25, -0.2) is 4.98 Å². The average molecular weight is 300 g/mol. The fourth-order valence-electron chi connectivity index (χ4n) is 1.92. The molecule has 0 spiro atoms. The van der Waals surface area contributed by atoms with Crippen LogP contribution >= 0.6 is 0 Å². The normalized spacial score (nSPS) is 11.6. The van der Waals surface area contributed by atoms with Gasteiger partial charge in [0.1, 0.15) is 11.5 Å². The summed E-state index contributed by atoms with van der Waals surface area (Å²) in [7, 11) is 0. The molecule has 9 heteroatoms. The summed E-state index contributed by atoms with van der Waals surface area (Å²) in [6.45, 7) is 0.269. The number of aromatic nitrogens is 2. The fraction of sp³-hybridized carbons (Fsp3) is 0.250. The third-order valence-corrected chi connectivity index (χ3v) is 2.84. The summed E-state index contributed by atoms with van der Waals surface area (Å²) >= 11 is 0. The van der Waals surface area contributed by atoms with Gasteiger partial charge < -0.3 is 5.73 Å². The second kappa shape index (κ2) is 5.52. The van der Waals surface area contributed by atoms with Crippen molar-refractivity contribution in [1.29, 1.82) is 0 Å². The second-order valence-electron chi connectivity index (χ2n) is 4.21. The first-order chi connectivity index (χ1) is 9.84. The SMILES string of the molecule is NCCc1nccn1-c1ccc(C(F)(F)F)cc1[N+](=O)[O-]. The molecule has 112 valence electrons. The van der Waals surface area contributed by atoms with E-state index >= 15 is 0 Å². The van der Waals surface area contributed by atoms with Gasteiger partial charge in [0.05, 0.1) is 10.5 Å². The molecule has 0 aliphatic heterocycles. The van der Waals surface area contributed by atoms with Gasteiger partial charge in [-0.1, -0.05) is 0 Å². The number of hydrogen-bond acceptors (Lipinski definition) is 4. The van der Waals surface area contributed by atoms with Crippen LogP contribution in [0.3, 0.4) is 0 Å². The van der Waals surface area contributed by atoms with Crippen molar-refractivity contribution in [3.8, 4) is 5.69 Å². The van der Waals surface area contributed by atoms with Crippen molar-refractivity contribution in [2.24, 2.45) is 5.73 Å². The van der Waals surface area contributed by atoms with Gasteiger partial charge in [0.2, 0.25) is 0 Å². The van der Waals surface area contributed by atoms with Crippen LogP contribution in [-0.2, 0) is 12.6 Å². The Balaban J connectivity index is 2.58. The van der Waals surface area contributed by atoms with E-state index in [9.17, 15) is 23.3 Å². The van der Waals surface area contributed by atoms with Crippen LogP contribution in [0.1, 0.15) is 11.4 Å². The van der Waals surface area contributed by atoms with E-state index in [1.165, 1.54) is 17.0 Å². The van der Waals surface area contributed by atoms with E-state index in [0.717, 1.165) is 12.1 Å². The molecule has 0 fully saturated rings. The Kier molecular flexibility index (Phi) is 3.94. The Morgan fingerprint density at radius 2 is 2.10 bits per heavy atom. The summed E-state index contributed by atoms with van der Waals surface area (Å²) in [6.07, 6.45) is -1.43. The van der Waals surface area contributed by atoms with Crippen LogP contribution in [0.25, 0.3) is 5.69 Å². The van der Waals surface area contributed by atoms with Crippen LogP contribution < -0.4 is 5.73 Å². The minimum Gasteiger partial charge on any atom is -0.330 e. The summed E-state index contributed by atoms with van der Waals surface area (Å²) in [5.74, 6) is 0.445. The predicted molar refractivity (Wildman–Crippen MR) is 68.0 cm³/mol. The summed E-state index contributed by atoms with van der Waals surface area (Å²) in [5, 5.41) is 11.0. The molecule has 0 unspecified atom stereocenters. The molecule has 1 aromatic heterocycles. The highest BCUT2D eigenvalue weighted by atomic mass is 19.4. The highest BCUT2D eigenvalue weighted by molar-refractivity contribution is 5.55. The van der Waals surface area contributed by atoms with Gasteiger partial charge in [-0.05, 0) is 18.7 Å². The van der Waals surface area contributed by atoms with E-state index in [0.29, 0.717) is 18.3 Å². The highest BCUT2D eigenvalue weighted by Crippen LogP contribution is 2.34. The minimum absolute atomic E-state index is 0.0222. The molecule has 0 aliphatic rings. The lowest BCUT2D eigenvalue weighted by molar-refractivity contribution is -0.384. The van der Waals surface area contributed by atoms with Gasteiger partial charge in [-0.3, -0.25) is 14.7 Å². The lowest BCUT2D eigenvalue weighted by atomic mass is 10.1. The molecular weight excluding hydrogens is 289 g/mol. The topological polar surface area (TPSA) is 87.0 Å². The number of halogens is 3. The maximum atomic E-state index is 12.6. The van der Waals surface area contributed by atoms with Crippen molar-refractivity contribution in [2.45, 2.75) is 12.6 Å². The van der Waals surface area contributed by atoms with Gasteiger partial charge in [-0.15, -0.1) is 0 Å². The monoisotopic (exact) mass is 300 g/mol. The van der Waals surface area contributed by atoms with Gasteiger partial charge in [-0.2, -0.15) is 13.2 Å². The van der Waals surface area contributed by atoms with E-state index in [-0.39, 0.29) is 12.2 Å². The van der Waals surface area contributed by atoms with Crippen LogP contribution in [0.2, 0.25) is 0 Å². The number of hydrogen-bond donors (Lipinski definition) is 1. The number of alkyl halides is 3. The van der Waals surface area contributed by atoms with Gasteiger partial charge >= 0.3 is 6.18 Å². The first kappa shape index (κ1) is 15.0. The summed E-state index contributed by atoms with van der Waals surface area (Å²) in [6, 6.07) is 2.37. The number of imidazole rings is 1. The van der Waals surface area contributed by atoms with Gasteiger partial charge in [0.25, 0.3) is 5.69 Å². The number of rotatable bonds is 4. The zero-order chi connectivity index (χ0) is 15.6. The van der Waals surface area contributed by atoms with Gasteiger partial charge in [0.15, 0.2) is 0 Å². The molecule has 2 aromatic rings. The molecule has 21 heavy (non-hydrogen) atoms. The number of nitro groups is 1. The highest BCUT2D eigenvalue weighted by Gasteiger charge is 2.33. The number of nitro benzene ring substituents is 1. The van der Waals surface area contributed by atoms with Crippen molar-refractivity contribution >= 4 is 5.69 Å². The zero-order valence-electron chi connectivity index (χ0n) is 10.7. The van der Waals surface area contributed by atoms with Crippen LogP contribution in [0.4, 0.5) is 18.9 Å². The zero-order valence-corrected chi connectivity index (χ0v) is 10.7. The fourth-order valence-corrected chi connectivity index (χ4v) is 1.92. The largest absolute Gasteiger partial charge is 0.416 e. The lowest BCUT2D eigenvalue weighted by Gasteiger charge is -2.11. The van der Waals surface area contributed by atoms with E-state index in [2.05, 4.69) is 4.98 Å². The van der Waals surface area contributed by atoms with Crippen molar-refractivity contribution in [2.75, 3.05) is 6.54 Å². The van der Waals surface area contributed by atoms with E-state index < -0.39 is 22.4 Å². The number of nitrogens with zero attached hydrogens (tertiary/aromatic N) is 3. The van der Waals surface area contributed by atoms with E-state index in [4.69, 9.17) is 5.73 Å². The minimum atomic E-state index is -4.64. The Morgan fingerprint density at radius 1 is 1.38 bits per heavy atom. The Bertz CT molecular complexity index is 667. The molecule has 0 radical (unpaired) electrons. The molecule has 0 saturated heterocycles. The van der Waals surface area contributed by atoms with Crippen LogP contribution in [0, 0.1) is 10.1 Å². The van der Waals surface area contributed by atoms with E-state index in [1.807, 2.05) is 0 Å². The van der Waals surface area contributed by atoms with Crippen molar-refractivity contribution < 1.29 is 18.1 Å². The number of benzene rings is 1. The predicted octanol–water partition coefficient (Wildman–Crippen LogP) is 2.30. The summed E-state index contributed by atoms with van der Waals surface area (Å²) in [5.41, 5.74) is 3.72. The first-order valence-corrected chi connectivity index (χ1v) is 5.93. The molecule has 1 aromatic carbocycles. The molecule has 2 N–H and O–H groups in total. The van der Waals surface area contributed by atoms with E-state index in [1.54, 1.807) is 0 Å². The molecule has 0 aliphatic carbocycles. The third-order valence-electron chi connectivity index (χ3n) is 2.84. The summed E-state index contributed by atoms with van der Waals surface area (Å²) < 4.78 is 39.3. The molecule has 0 atom stereocenters. The smallest absolute Gasteiger partial charge is 0.330 e. The van der Waals surface area contributed by atoms with Crippen LogP contribution in [-0.4, -0.2) is 21.0 Å². The standard InChI is InChI=1S/C12H11F3N4O2/c13-12(14,15)8-1-2-9(10(7-8)19(20)21)18-6-5-17-11(18)3-4-16/h1-2,5-7H,3-4,16H2. The molecule has 0 amide bonds. The van der Waals surface area contributed by atoms with Gasteiger partial charge in [0, 0.05) is 24.9 Å². The third kappa shape index (κ3) is 3.02. The molecule has 1 heterocycles.